The average molecular weight is 417 g/mol. The summed E-state index contributed by atoms with van der Waals surface area (Å²) >= 11 is 10.7. The smallest absolute Gasteiger partial charge is 0.0702 e. The number of halogens is 2. The van der Waals surface area contributed by atoms with Crippen LogP contribution in [0.1, 0.15) is 16.5 Å². The molecule has 0 spiro atoms. The SMILES string of the molecule is CNC(c1ccc(Br)s1)c1csc2c(Br)cccc12. The first-order chi connectivity index (χ1) is 9.20. The lowest BCUT2D eigenvalue weighted by Gasteiger charge is -2.14. The Morgan fingerprint density at radius 2 is 2.00 bits per heavy atom. The number of hydrogen-bond acceptors (Lipinski definition) is 3. The molecule has 1 nitrogen and oxygen atoms in total. The van der Waals surface area contributed by atoms with Gasteiger partial charge in [-0.2, -0.15) is 0 Å². The molecule has 0 bridgehead atoms. The lowest BCUT2D eigenvalue weighted by molar-refractivity contribution is 0.711. The Morgan fingerprint density at radius 1 is 1.16 bits per heavy atom. The molecule has 0 saturated heterocycles. The first-order valence-corrected chi connectivity index (χ1v) is 9.07. The van der Waals surface area contributed by atoms with Crippen molar-refractivity contribution in [1.82, 2.24) is 5.32 Å². The highest BCUT2D eigenvalue weighted by molar-refractivity contribution is 9.11. The van der Waals surface area contributed by atoms with Crippen molar-refractivity contribution in [3.05, 3.63) is 54.4 Å². The van der Waals surface area contributed by atoms with Crippen LogP contribution in [0.25, 0.3) is 10.1 Å². The summed E-state index contributed by atoms with van der Waals surface area (Å²) < 4.78 is 3.65. The number of nitrogens with one attached hydrogen (secondary N) is 1. The van der Waals surface area contributed by atoms with Gasteiger partial charge in [0.15, 0.2) is 0 Å². The first kappa shape index (κ1) is 13.8. The summed E-state index contributed by atoms with van der Waals surface area (Å²) in [6.45, 7) is 0. The standard InChI is InChI=1S/C14H11Br2NS2/c1-17-13(11-5-6-12(16)19-11)9-7-18-14-8(9)3-2-4-10(14)15/h2-7,13,17H,1H3. The Hall–Kier alpha value is -0.200. The zero-order valence-electron chi connectivity index (χ0n) is 10.1. The van der Waals surface area contributed by atoms with E-state index in [-0.39, 0.29) is 6.04 Å². The Balaban J connectivity index is 2.14. The van der Waals surface area contributed by atoms with Gasteiger partial charge in [0.2, 0.25) is 0 Å². The molecular formula is C14H11Br2NS2. The Labute approximate surface area is 136 Å². The maximum absolute atomic E-state index is 3.63. The van der Waals surface area contributed by atoms with Crippen molar-refractivity contribution >= 4 is 64.6 Å². The average Bonchev–Trinajstić information content (AvgIpc) is 2.99. The van der Waals surface area contributed by atoms with Crippen LogP contribution in [0.2, 0.25) is 0 Å². The second-order valence-corrected chi connectivity index (χ2v) is 8.40. The van der Waals surface area contributed by atoms with Crippen molar-refractivity contribution in [2.75, 3.05) is 7.05 Å². The van der Waals surface area contributed by atoms with Gasteiger partial charge in [-0.1, -0.05) is 12.1 Å². The van der Waals surface area contributed by atoms with E-state index in [1.54, 1.807) is 22.7 Å². The zero-order chi connectivity index (χ0) is 13.4. The highest BCUT2D eigenvalue weighted by Gasteiger charge is 2.18. The van der Waals surface area contributed by atoms with Gasteiger partial charge >= 0.3 is 0 Å². The van der Waals surface area contributed by atoms with Gasteiger partial charge in [-0.3, -0.25) is 0 Å². The summed E-state index contributed by atoms with van der Waals surface area (Å²) in [4.78, 5) is 1.33. The fourth-order valence-electron chi connectivity index (χ4n) is 2.20. The lowest BCUT2D eigenvalue weighted by Crippen LogP contribution is -2.15. The van der Waals surface area contributed by atoms with E-state index in [0.717, 1.165) is 0 Å². The van der Waals surface area contributed by atoms with Crippen molar-refractivity contribution in [3.8, 4) is 0 Å². The van der Waals surface area contributed by atoms with E-state index >= 15 is 0 Å². The molecule has 98 valence electrons. The van der Waals surface area contributed by atoms with Crippen LogP contribution in [0, 0.1) is 0 Å². The number of fused-ring (bicyclic) bond motifs is 1. The van der Waals surface area contributed by atoms with Crippen LogP contribution < -0.4 is 5.32 Å². The third kappa shape index (κ3) is 2.54. The van der Waals surface area contributed by atoms with E-state index in [1.165, 1.54) is 28.8 Å². The molecule has 5 heteroatoms. The third-order valence-electron chi connectivity index (χ3n) is 3.06. The van der Waals surface area contributed by atoms with Gasteiger partial charge < -0.3 is 5.32 Å². The lowest BCUT2D eigenvalue weighted by atomic mass is 10.0. The quantitative estimate of drug-likeness (QED) is 0.569. The second-order valence-electron chi connectivity index (χ2n) is 4.17. The minimum Gasteiger partial charge on any atom is -0.309 e. The number of hydrogen-bond donors (Lipinski definition) is 1. The molecule has 2 heterocycles. The van der Waals surface area contributed by atoms with E-state index in [4.69, 9.17) is 0 Å². The Kier molecular flexibility index (Phi) is 4.10. The van der Waals surface area contributed by atoms with Crippen molar-refractivity contribution in [2.24, 2.45) is 0 Å². The zero-order valence-corrected chi connectivity index (χ0v) is 14.9. The molecular weight excluding hydrogens is 406 g/mol. The molecule has 0 fully saturated rings. The van der Waals surface area contributed by atoms with E-state index in [2.05, 4.69) is 72.9 Å². The van der Waals surface area contributed by atoms with Crippen LogP contribution in [-0.4, -0.2) is 7.05 Å². The summed E-state index contributed by atoms with van der Waals surface area (Å²) in [7, 11) is 2.01. The summed E-state index contributed by atoms with van der Waals surface area (Å²) in [6.07, 6.45) is 0. The fraction of sp³-hybridized carbons (Fsp3) is 0.143. The molecule has 3 aromatic rings. The van der Waals surface area contributed by atoms with Gasteiger partial charge in [0.25, 0.3) is 0 Å². The van der Waals surface area contributed by atoms with Gasteiger partial charge in [0.05, 0.1) is 9.83 Å². The predicted octanol–water partition coefficient (Wildman–Crippen LogP) is 5.80. The molecule has 19 heavy (non-hydrogen) atoms. The molecule has 3 rings (SSSR count). The van der Waals surface area contributed by atoms with E-state index in [9.17, 15) is 0 Å². The predicted molar refractivity (Wildman–Crippen MR) is 92.4 cm³/mol. The molecule has 2 aromatic heterocycles. The largest absolute Gasteiger partial charge is 0.309 e. The van der Waals surface area contributed by atoms with Gasteiger partial charge in [-0.25, -0.2) is 0 Å². The first-order valence-electron chi connectivity index (χ1n) is 5.79. The summed E-state index contributed by atoms with van der Waals surface area (Å²) in [5.74, 6) is 0. The van der Waals surface area contributed by atoms with E-state index in [1.807, 2.05) is 7.05 Å². The topological polar surface area (TPSA) is 12.0 Å². The molecule has 0 amide bonds. The van der Waals surface area contributed by atoms with Crippen LogP contribution in [0.15, 0.2) is 44.0 Å². The monoisotopic (exact) mass is 415 g/mol. The minimum atomic E-state index is 0.249. The number of benzene rings is 1. The minimum absolute atomic E-state index is 0.249. The van der Waals surface area contributed by atoms with E-state index < -0.39 is 0 Å². The Bertz CT molecular complexity index is 717. The normalized spacial score (nSPS) is 13.0. The Morgan fingerprint density at radius 3 is 2.68 bits per heavy atom. The van der Waals surface area contributed by atoms with Crippen LogP contribution >= 0.6 is 54.5 Å². The van der Waals surface area contributed by atoms with Crippen LogP contribution in [0.5, 0.6) is 0 Å². The van der Waals surface area contributed by atoms with Gasteiger partial charge in [-0.05, 0) is 73.4 Å². The van der Waals surface area contributed by atoms with Crippen LogP contribution in [0.4, 0.5) is 0 Å². The molecule has 0 aliphatic carbocycles. The van der Waals surface area contributed by atoms with Crippen molar-refractivity contribution in [1.29, 1.82) is 0 Å². The fourth-order valence-corrected chi connectivity index (χ4v) is 5.40. The van der Waals surface area contributed by atoms with Crippen molar-refractivity contribution in [3.63, 3.8) is 0 Å². The van der Waals surface area contributed by atoms with Crippen molar-refractivity contribution < 1.29 is 0 Å². The summed E-state index contributed by atoms with van der Waals surface area (Å²) in [5, 5.41) is 7.00. The maximum atomic E-state index is 3.63. The third-order valence-corrected chi connectivity index (χ3v) is 6.72. The molecule has 1 aromatic carbocycles. The second kappa shape index (κ2) is 5.66. The highest BCUT2D eigenvalue weighted by atomic mass is 79.9. The van der Waals surface area contributed by atoms with Crippen LogP contribution in [-0.2, 0) is 0 Å². The molecule has 0 radical (unpaired) electrons. The highest BCUT2D eigenvalue weighted by Crippen LogP contribution is 2.39. The van der Waals surface area contributed by atoms with Gasteiger partial charge in [-0.15, -0.1) is 22.7 Å². The molecule has 0 saturated carbocycles. The van der Waals surface area contributed by atoms with Gasteiger partial charge in [0, 0.05) is 14.0 Å². The molecule has 1 unspecified atom stereocenters. The van der Waals surface area contributed by atoms with Crippen molar-refractivity contribution in [2.45, 2.75) is 6.04 Å². The molecule has 1 atom stereocenters. The maximum Gasteiger partial charge on any atom is 0.0702 e. The molecule has 1 N–H and O–H groups in total. The number of rotatable bonds is 3. The summed E-state index contributed by atoms with van der Waals surface area (Å²) in [6, 6.07) is 10.9. The van der Waals surface area contributed by atoms with Crippen LogP contribution in [0.3, 0.4) is 0 Å². The summed E-state index contributed by atoms with van der Waals surface area (Å²) in [5.41, 5.74) is 1.35. The number of thiophene rings is 2. The van der Waals surface area contributed by atoms with Gasteiger partial charge in [0.1, 0.15) is 0 Å². The molecule has 0 aliphatic rings. The molecule has 0 aliphatic heterocycles. The van der Waals surface area contributed by atoms with E-state index in [0.29, 0.717) is 0 Å².